The van der Waals surface area contributed by atoms with Crippen molar-refractivity contribution in [1.82, 2.24) is 4.90 Å². The standard InChI is InChI=1S/C19H22N2O4S/c1-14-5-6-15(19(22)21-11-3-4-12-21)13-18(14)20-26(23,24)17-9-7-16(25-2)8-10-17/h5-10,13,20H,3-4,11-12H2,1-2H3. The maximum absolute atomic E-state index is 12.6. The molecule has 1 aliphatic rings. The number of benzene rings is 2. The molecule has 26 heavy (non-hydrogen) atoms. The lowest BCUT2D eigenvalue weighted by molar-refractivity contribution is 0.0793. The summed E-state index contributed by atoms with van der Waals surface area (Å²) in [7, 11) is -2.23. The fraction of sp³-hybridized carbons (Fsp3) is 0.316. The van der Waals surface area contributed by atoms with Crippen molar-refractivity contribution in [1.29, 1.82) is 0 Å². The Bertz CT molecular complexity index is 902. The number of likely N-dealkylation sites (tertiary alicyclic amines) is 1. The van der Waals surface area contributed by atoms with E-state index >= 15 is 0 Å². The maximum atomic E-state index is 12.6. The van der Waals surface area contributed by atoms with Crippen LogP contribution in [0.5, 0.6) is 5.75 Å². The molecule has 2 aromatic rings. The van der Waals surface area contributed by atoms with E-state index in [0.29, 0.717) is 17.0 Å². The zero-order chi connectivity index (χ0) is 18.7. The Morgan fingerprint density at radius 2 is 1.73 bits per heavy atom. The Kier molecular flexibility index (Phi) is 5.18. The van der Waals surface area contributed by atoms with Crippen LogP contribution >= 0.6 is 0 Å². The number of carbonyl (C=O) groups excluding carboxylic acids is 1. The van der Waals surface area contributed by atoms with Gasteiger partial charge in [0.1, 0.15) is 5.75 Å². The summed E-state index contributed by atoms with van der Waals surface area (Å²) >= 11 is 0. The summed E-state index contributed by atoms with van der Waals surface area (Å²) < 4.78 is 32.9. The van der Waals surface area contributed by atoms with E-state index in [1.807, 2.05) is 0 Å². The highest BCUT2D eigenvalue weighted by Crippen LogP contribution is 2.24. The lowest BCUT2D eigenvalue weighted by Gasteiger charge is -2.17. The minimum absolute atomic E-state index is 0.0626. The van der Waals surface area contributed by atoms with Gasteiger partial charge in [0.25, 0.3) is 15.9 Å². The van der Waals surface area contributed by atoms with Gasteiger partial charge < -0.3 is 9.64 Å². The van der Waals surface area contributed by atoms with Gasteiger partial charge >= 0.3 is 0 Å². The molecule has 2 aromatic carbocycles. The van der Waals surface area contributed by atoms with Crippen LogP contribution in [0.3, 0.4) is 0 Å². The minimum atomic E-state index is -3.75. The van der Waals surface area contributed by atoms with Crippen molar-refractivity contribution in [3.63, 3.8) is 0 Å². The number of sulfonamides is 1. The third kappa shape index (κ3) is 3.83. The number of hydrogen-bond acceptors (Lipinski definition) is 4. The smallest absolute Gasteiger partial charge is 0.261 e. The lowest BCUT2D eigenvalue weighted by atomic mass is 10.1. The highest BCUT2D eigenvalue weighted by molar-refractivity contribution is 7.92. The topological polar surface area (TPSA) is 75.7 Å². The van der Waals surface area contributed by atoms with Gasteiger partial charge in [0.2, 0.25) is 0 Å². The number of hydrogen-bond donors (Lipinski definition) is 1. The molecule has 7 heteroatoms. The highest BCUT2D eigenvalue weighted by atomic mass is 32.2. The van der Waals surface area contributed by atoms with Crippen molar-refractivity contribution in [2.24, 2.45) is 0 Å². The van der Waals surface area contributed by atoms with Crippen LogP contribution in [-0.4, -0.2) is 39.4 Å². The van der Waals surface area contributed by atoms with Crippen molar-refractivity contribution in [2.45, 2.75) is 24.7 Å². The SMILES string of the molecule is COc1ccc(S(=O)(=O)Nc2cc(C(=O)N3CCCC3)ccc2C)cc1. The van der Waals surface area contributed by atoms with Gasteiger partial charge in [-0.15, -0.1) is 0 Å². The van der Waals surface area contributed by atoms with Crippen molar-refractivity contribution in [2.75, 3.05) is 24.9 Å². The highest BCUT2D eigenvalue weighted by Gasteiger charge is 2.21. The molecule has 6 nitrogen and oxygen atoms in total. The summed E-state index contributed by atoms with van der Waals surface area (Å²) in [5.74, 6) is 0.519. The average molecular weight is 374 g/mol. The van der Waals surface area contributed by atoms with Gasteiger partial charge in [-0.1, -0.05) is 6.07 Å². The quantitative estimate of drug-likeness (QED) is 0.873. The Morgan fingerprint density at radius 3 is 2.35 bits per heavy atom. The van der Waals surface area contributed by atoms with Crippen molar-refractivity contribution >= 4 is 21.6 Å². The number of anilines is 1. The van der Waals surface area contributed by atoms with Crippen LogP contribution in [0.15, 0.2) is 47.4 Å². The third-order valence-electron chi connectivity index (χ3n) is 4.49. The van der Waals surface area contributed by atoms with Crippen LogP contribution in [0.25, 0.3) is 0 Å². The van der Waals surface area contributed by atoms with E-state index in [2.05, 4.69) is 4.72 Å². The molecule has 1 amide bonds. The van der Waals surface area contributed by atoms with Gasteiger partial charge in [0, 0.05) is 18.7 Å². The maximum Gasteiger partial charge on any atom is 0.261 e. The molecular formula is C19H22N2O4S. The summed E-state index contributed by atoms with van der Waals surface area (Å²) in [6.07, 6.45) is 2.02. The number of carbonyl (C=O) groups is 1. The first kappa shape index (κ1) is 18.3. The molecule has 0 aliphatic carbocycles. The van der Waals surface area contributed by atoms with Crippen LogP contribution in [0.2, 0.25) is 0 Å². The molecule has 3 rings (SSSR count). The predicted molar refractivity (Wildman–Crippen MR) is 100 cm³/mol. The van der Waals surface area contributed by atoms with E-state index in [1.165, 1.54) is 19.2 Å². The number of nitrogens with zero attached hydrogens (tertiary/aromatic N) is 1. The summed E-state index contributed by atoms with van der Waals surface area (Å²) in [6.45, 7) is 3.30. The first-order valence-electron chi connectivity index (χ1n) is 8.47. The summed E-state index contributed by atoms with van der Waals surface area (Å²) in [5, 5.41) is 0. The molecule has 1 heterocycles. The van der Waals surface area contributed by atoms with Gasteiger partial charge in [0.05, 0.1) is 17.7 Å². The molecule has 0 saturated carbocycles. The second kappa shape index (κ2) is 7.37. The van der Waals surface area contributed by atoms with Gasteiger partial charge in [-0.05, 0) is 61.7 Å². The number of ether oxygens (including phenoxy) is 1. The van der Waals surface area contributed by atoms with Crippen LogP contribution < -0.4 is 9.46 Å². The Hall–Kier alpha value is -2.54. The Morgan fingerprint density at radius 1 is 1.08 bits per heavy atom. The van der Waals surface area contributed by atoms with E-state index in [-0.39, 0.29) is 10.8 Å². The first-order chi connectivity index (χ1) is 12.4. The molecule has 1 fully saturated rings. The third-order valence-corrected chi connectivity index (χ3v) is 5.87. The van der Waals surface area contributed by atoms with Crippen LogP contribution in [0.4, 0.5) is 5.69 Å². The van der Waals surface area contributed by atoms with Crippen LogP contribution in [0, 0.1) is 6.92 Å². The van der Waals surface area contributed by atoms with E-state index in [0.717, 1.165) is 31.5 Å². The predicted octanol–water partition coefficient (Wildman–Crippen LogP) is 3.04. The molecule has 1 saturated heterocycles. The van der Waals surface area contributed by atoms with Gasteiger partial charge in [-0.2, -0.15) is 0 Å². The molecular weight excluding hydrogens is 352 g/mol. The summed E-state index contributed by atoms with van der Waals surface area (Å²) in [4.78, 5) is 14.5. The number of aryl methyl sites for hydroxylation is 1. The largest absolute Gasteiger partial charge is 0.497 e. The molecule has 0 unspecified atom stereocenters. The number of rotatable bonds is 5. The fourth-order valence-electron chi connectivity index (χ4n) is 2.93. The molecule has 0 radical (unpaired) electrons. The van der Waals surface area contributed by atoms with E-state index in [9.17, 15) is 13.2 Å². The Balaban J connectivity index is 1.85. The first-order valence-corrected chi connectivity index (χ1v) is 9.96. The van der Waals surface area contributed by atoms with Crippen molar-refractivity contribution in [3.05, 3.63) is 53.6 Å². The summed E-state index contributed by atoms with van der Waals surface area (Å²) in [5.41, 5.74) is 1.65. The Labute approximate surface area is 153 Å². The van der Waals surface area contributed by atoms with E-state index in [1.54, 1.807) is 42.2 Å². The molecule has 1 N–H and O–H groups in total. The van der Waals surface area contributed by atoms with E-state index in [4.69, 9.17) is 4.74 Å². The second-order valence-corrected chi connectivity index (χ2v) is 7.99. The number of amides is 1. The molecule has 0 bridgehead atoms. The molecule has 0 spiro atoms. The zero-order valence-electron chi connectivity index (χ0n) is 14.9. The van der Waals surface area contributed by atoms with Crippen LogP contribution in [-0.2, 0) is 10.0 Å². The molecule has 0 atom stereocenters. The molecule has 0 aromatic heterocycles. The lowest BCUT2D eigenvalue weighted by Crippen LogP contribution is -2.27. The monoisotopic (exact) mass is 374 g/mol. The summed E-state index contributed by atoms with van der Waals surface area (Å²) in [6, 6.07) is 11.3. The van der Waals surface area contributed by atoms with E-state index < -0.39 is 10.0 Å². The normalized spacial score (nSPS) is 14.3. The zero-order valence-corrected chi connectivity index (χ0v) is 15.7. The number of nitrogens with one attached hydrogen (secondary N) is 1. The van der Waals surface area contributed by atoms with Gasteiger partial charge in [-0.3, -0.25) is 9.52 Å². The van der Waals surface area contributed by atoms with Gasteiger partial charge in [0.15, 0.2) is 0 Å². The fourth-order valence-corrected chi connectivity index (χ4v) is 4.05. The second-order valence-electron chi connectivity index (χ2n) is 6.31. The van der Waals surface area contributed by atoms with Crippen molar-refractivity contribution < 1.29 is 17.9 Å². The molecule has 1 aliphatic heterocycles. The van der Waals surface area contributed by atoms with Gasteiger partial charge in [-0.25, -0.2) is 8.42 Å². The van der Waals surface area contributed by atoms with Crippen molar-refractivity contribution in [3.8, 4) is 5.75 Å². The molecule has 138 valence electrons. The minimum Gasteiger partial charge on any atom is -0.497 e. The van der Waals surface area contributed by atoms with Crippen LogP contribution in [0.1, 0.15) is 28.8 Å². The average Bonchev–Trinajstić information content (AvgIpc) is 3.17. The number of methoxy groups -OCH3 is 1.